The Morgan fingerprint density at radius 3 is 2.19 bits per heavy atom. The molecule has 2 aromatic carbocycles. The molecule has 166 valence electrons. The molecule has 0 N–H and O–H groups in total. The van der Waals surface area contributed by atoms with Gasteiger partial charge in [-0.1, -0.05) is 0 Å². The summed E-state index contributed by atoms with van der Waals surface area (Å²) >= 11 is 0. The number of non-ortho nitro benzene ring substituents is 1. The highest BCUT2D eigenvalue weighted by Gasteiger charge is 2.37. The third kappa shape index (κ3) is 5.05. The van der Waals surface area contributed by atoms with Crippen LogP contribution in [-0.4, -0.2) is 17.7 Å². The SMILES string of the molecule is O=C(OCc1cc([N+](=O)[O-])cc2c1OCOC2)c1cc(C(F)(F)F)cc(C(F)(F)F)c1. The van der Waals surface area contributed by atoms with Gasteiger partial charge in [0.2, 0.25) is 0 Å². The van der Waals surface area contributed by atoms with Crippen molar-refractivity contribution in [1.29, 1.82) is 0 Å². The van der Waals surface area contributed by atoms with Crippen molar-refractivity contribution in [3.63, 3.8) is 0 Å². The number of carbonyl (C=O) groups excluding carboxylic acids is 1. The van der Waals surface area contributed by atoms with E-state index in [2.05, 4.69) is 0 Å². The largest absolute Gasteiger partial charge is 0.467 e. The van der Waals surface area contributed by atoms with Gasteiger partial charge in [-0.15, -0.1) is 0 Å². The molecule has 1 aliphatic rings. The molecule has 0 saturated heterocycles. The summed E-state index contributed by atoms with van der Waals surface area (Å²) < 4.78 is 92.7. The molecule has 0 aliphatic carbocycles. The smallest absolute Gasteiger partial charge is 0.416 e. The minimum absolute atomic E-state index is 0.00358. The number of nitro groups is 1. The summed E-state index contributed by atoms with van der Waals surface area (Å²) in [5, 5.41) is 11.1. The first-order valence-electron chi connectivity index (χ1n) is 8.33. The van der Waals surface area contributed by atoms with E-state index in [-0.39, 0.29) is 48.5 Å². The first kappa shape index (κ1) is 22.3. The Kier molecular flexibility index (Phi) is 5.81. The minimum Gasteiger partial charge on any atom is -0.467 e. The predicted molar refractivity (Wildman–Crippen MR) is 88.9 cm³/mol. The summed E-state index contributed by atoms with van der Waals surface area (Å²) in [4.78, 5) is 22.5. The van der Waals surface area contributed by atoms with Crippen molar-refractivity contribution >= 4 is 11.7 Å². The summed E-state index contributed by atoms with van der Waals surface area (Å²) in [6.07, 6.45) is -10.3. The van der Waals surface area contributed by atoms with E-state index in [4.69, 9.17) is 14.2 Å². The normalized spacial score (nSPS) is 13.9. The topological polar surface area (TPSA) is 87.9 Å². The number of ether oxygens (including phenoxy) is 3. The van der Waals surface area contributed by atoms with Gasteiger partial charge in [0.15, 0.2) is 6.79 Å². The molecule has 0 unspecified atom stereocenters. The van der Waals surface area contributed by atoms with Crippen LogP contribution in [0.3, 0.4) is 0 Å². The number of benzene rings is 2. The van der Waals surface area contributed by atoms with Gasteiger partial charge in [0.25, 0.3) is 5.69 Å². The lowest BCUT2D eigenvalue weighted by Crippen LogP contribution is -2.16. The van der Waals surface area contributed by atoms with Crippen molar-refractivity contribution in [3.8, 4) is 5.75 Å². The van der Waals surface area contributed by atoms with Crippen LogP contribution < -0.4 is 4.74 Å². The lowest BCUT2D eigenvalue weighted by atomic mass is 10.0. The van der Waals surface area contributed by atoms with Crippen molar-refractivity contribution in [1.82, 2.24) is 0 Å². The number of rotatable bonds is 4. The fraction of sp³-hybridized carbons (Fsp3) is 0.278. The van der Waals surface area contributed by atoms with Crippen LogP contribution in [0.1, 0.15) is 32.6 Å². The second kappa shape index (κ2) is 8.06. The van der Waals surface area contributed by atoms with Crippen LogP contribution in [0, 0.1) is 10.1 Å². The van der Waals surface area contributed by atoms with Crippen LogP contribution in [0.15, 0.2) is 30.3 Å². The van der Waals surface area contributed by atoms with Crippen molar-refractivity contribution < 1.29 is 50.3 Å². The van der Waals surface area contributed by atoms with Gasteiger partial charge >= 0.3 is 18.3 Å². The molecule has 0 fully saturated rings. The average Bonchev–Trinajstić information content (AvgIpc) is 2.69. The molecule has 0 aromatic heterocycles. The minimum atomic E-state index is -5.14. The number of fused-ring (bicyclic) bond motifs is 1. The predicted octanol–water partition coefficient (Wildman–Crippen LogP) is 4.86. The molecule has 0 spiro atoms. The Bertz CT molecular complexity index is 1000. The number of esters is 1. The van der Waals surface area contributed by atoms with E-state index in [0.29, 0.717) is 0 Å². The summed E-state index contributed by atoms with van der Waals surface area (Å²) in [5.74, 6) is -1.37. The number of carbonyl (C=O) groups is 1. The molecule has 0 amide bonds. The number of alkyl halides is 6. The molecular formula is C18H11F6NO6. The third-order valence-electron chi connectivity index (χ3n) is 4.16. The lowest BCUT2D eigenvalue weighted by molar-refractivity contribution is -0.385. The van der Waals surface area contributed by atoms with E-state index >= 15 is 0 Å². The zero-order valence-corrected chi connectivity index (χ0v) is 15.2. The van der Waals surface area contributed by atoms with E-state index in [0.717, 1.165) is 6.07 Å². The summed E-state index contributed by atoms with van der Waals surface area (Å²) in [5.41, 5.74) is -4.46. The van der Waals surface area contributed by atoms with Gasteiger partial charge in [0.05, 0.1) is 28.2 Å². The Morgan fingerprint density at radius 2 is 1.65 bits per heavy atom. The van der Waals surface area contributed by atoms with Gasteiger partial charge in [-0.05, 0) is 18.2 Å². The Morgan fingerprint density at radius 1 is 1.03 bits per heavy atom. The maximum atomic E-state index is 12.9. The van der Waals surface area contributed by atoms with Crippen LogP contribution in [0.4, 0.5) is 32.0 Å². The molecule has 0 atom stereocenters. The summed E-state index contributed by atoms with van der Waals surface area (Å²) in [6, 6.07) is 2.52. The number of nitro benzene ring substituents is 1. The lowest BCUT2D eigenvalue weighted by Gasteiger charge is -2.20. The van der Waals surface area contributed by atoms with Crippen LogP contribution in [0.2, 0.25) is 0 Å². The number of nitrogens with zero attached hydrogens (tertiary/aromatic N) is 1. The van der Waals surface area contributed by atoms with E-state index in [9.17, 15) is 41.3 Å². The first-order valence-corrected chi connectivity index (χ1v) is 8.33. The van der Waals surface area contributed by atoms with Crippen LogP contribution in [0.5, 0.6) is 5.75 Å². The molecule has 3 rings (SSSR count). The van der Waals surface area contributed by atoms with Gasteiger partial charge in [-0.25, -0.2) is 4.79 Å². The molecular weight excluding hydrogens is 440 g/mol. The Hall–Kier alpha value is -3.35. The average molecular weight is 451 g/mol. The van der Waals surface area contributed by atoms with Crippen LogP contribution in [-0.2, 0) is 35.0 Å². The standard InChI is InChI=1S/C18H11F6NO6/c19-17(20,21)12-1-9(2-13(5-12)18(22,23)24)16(26)30-7-11-4-14(25(27)28)3-10-6-29-8-31-15(10)11/h1-5H,6-8H2. The molecule has 2 aromatic rings. The van der Waals surface area contributed by atoms with Crippen molar-refractivity contribution in [2.45, 2.75) is 25.6 Å². The van der Waals surface area contributed by atoms with Crippen molar-refractivity contribution in [2.24, 2.45) is 0 Å². The number of hydrogen-bond donors (Lipinski definition) is 0. The van der Waals surface area contributed by atoms with Gasteiger partial charge in [-0.2, -0.15) is 26.3 Å². The Labute approximate surface area is 169 Å². The molecule has 0 bridgehead atoms. The zero-order chi connectivity index (χ0) is 23.0. The second-order valence-corrected chi connectivity index (χ2v) is 6.33. The zero-order valence-electron chi connectivity index (χ0n) is 15.2. The molecule has 13 heteroatoms. The van der Waals surface area contributed by atoms with E-state index < -0.39 is 52.2 Å². The number of halogens is 6. The molecule has 0 saturated carbocycles. The van der Waals surface area contributed by atoms with Gasteiger partial charge < -0.3 is 14.2 Å². The first-order chi connectivity index (χ1) is 14.4. The third-order valence-corrected chi connectivity index (χ3v) is 4.16. The number of hydrogen-bond acceptors (Lipinski definition) is 6. The fourth-order valence-electron chi connectivity index (χ4n) is 2.79. The van der Waals surface area contributed by atoms with Crippen molar-refractivity contribution in [3.05, 3.63) is 68.3 Å². The van der Waals surface area contributed by atoms with Crippen LogP contribution >= 0.6 is 0 Å². The summed E-state index contributed by atoms with van der Waals surface area (Å²) in [6.45, 7) is -0.935. The Balaban J connectivity index is 1.91. The maximum Gasteiger partial charge on any atom is 0.416 e. The van der Waals surface area contributed by atoms with Gasteiger partial charge in [-0.3, -0.25) is 10.1 Å². The molecule has 1 aliphatic heterocycles. The highest BCUT2D eigenvalue weighted by Crippen LogP contribution is 2.37. The highest BCUT2D eigenvalue weighted by molar-refractivity contribution is 5.90. The second-order valence-electron chi connectivity index (χ2n) is 6.33. The van der Waals surface area contributed by atoms with Gasteiger partial charge in [0.1, 0.15) is 12.4 Å². The maximum absolute atomic E-state index is 12.9. The highest BCUT2D eigenvalue weighted by atomic mass is 19.4. The van der Waals surface area contributed by atoms with Gasteiger partial charge in [0, 0.05) is 23.3 Å². The molecule has 0 radical (unpaired) electrons. The van der Waals surface area contributed by atoms with E-state index in [1.807, 2.05) is 0 Å². The monoisotopic (exact) mass is 451 g/mol. The van der Waals surface area contributed by atoms with E-state index in [1.165, 1.54) is 6.07 Å². The summed E-state index contributed by atoms with van der Waals surface area (Å²) in [7, 11) is 0. The van der Waals surface area contributed by atoms with Crippen LogP contribution in [0.25, 0.3) is 0 Å². The van der Waals surface area contributed by atoms with Crippen molar-refractivity contribution in [2.75, 3.05) is 6.79 Å². The molecule has 1 heterocycles. The molecule has 7 nitrogen and oxygen atoms in total. The fourth-order valence-corrected chi connectivity index (χ4v) is 2.79. The molecule has 31 heavy (non-hydrogen) atoms. The van der Waals surface area contributed by atoms with E-state index in [1.54, 1.807) is 0 Å². The quantitative estimate of drug-likeness (QED) is 0.286.